The molecule has 5 nitrogen and oxygen atoms in total. The molecule has 1 fully saturated rings. The lowest BCUT2D eigenvalue weighted by molar-refractivity contribution is -0.117. The van der Waals surface area contributed by atoms with Gasteiger partial charge >= 0.3 is 0 Å². The lowest BCUT2D eigenvalue weighted by Gasteiger charge is -2.12. The Labute approximate surface area is 129 Å². The number of methoxy groups -OCH3 is 1. The Hall–Kier alpha value is -1.30. The van der Waals surface area contributed by atoms with Gasteiger partial charge in [-0.15, -0.1) is 0 Å². The Morgan fingerprint density at radius 1 is 1.52 bits per heavy atom. The van der Waals surface area contributed by atoms with Crippen LogP contribution in [0.3, 0.4) is 0 Å². The second-order valence-corrected chi connectivity index (χ2v) is 5.24. The third-order valence-corrected chi connectivity index (χ3v) is 3.54. The molecule has 0 aromatic heterocycles. The molecule has 2 rings (SSSR count). The maximum Gasteiger partial charge on any atom is 0.226 e. The van der Waals surface area contributed by atoms with E-state index < -0.39 is 0 Å². The quantitative estimate of drug-likeness (QED) is 0.786. The zero-order valence-electron chi connectivity index (χ0n) is 12.1. The predicted octanol–water partition coefficient (Wildman–Crippen LogP) is 2.87. The largest absolute Gasteiger partial charge is 0.493 e. The number of hydrogen-bond donors (Lipinski definition) is 1. The molecule has 1 aliphatic heterocycles. The van der Waals surface area contributed by atoms with Crippen molar-refractivity contribution in [3.63, 3.8) is 0 Å². The molecule has 0 bridgehead atoms. The summed E-state index contributed by atoms with van der Waals surface area (Å²) in [4.78, 5) is 11.9. The Morgan fingerprint density at radius 2 is 2.38 bits per heavy atom. The number of carbonyl (C=O) groups excluding carboxylic acids is 1. The number of ether oxygens (including phenoxy) is 3. The number of halogens is 1. The smallest absolute Gasteiger partial charge is 0.226 e. The highest BCUT2D eigenvalue weighted by atomic mass is 35.5. The van der Waals surface area contributed by atoms with Crippen LogP contribution in [-0.2, 0) is 14.3 Å². The average Bonchev–Trinajstić information content (AvgIpc) is 2.97. The molecule has 6 heteroatoms. The van der Waals surface area contributed by atoms with Gasteiger partial charge in [-0.25, -0.2) is 0 Å². The monoisotopic (exact) mass is 313 g/mol. The Balaban J connectivity index is 1.73. The molecule has 116 valence electrons. The molecule has 0 aliphatic carbocycles. The molecular weight excluding hydrogens is 294 g/mol. The van der Waals surface area contributed by atoms with Gasteiger partial charge in [-0.3, -0.25) is 4.79 Å². The first-order chi connectivity index (χ1) is 10.2. The van der Waals surface area contributed by atoms with Gasteiger partial charge in [0.05, 0.1) is 43.6 Å². The van der Waals surface area contributed by atoms with Gasteiger partial charge in [-0.05, 0) is 25.0 Å². The zero-order valence-corrected chi connectivity index (χ0v) is 12.8. The van der Waals surface area contributed by atoms with Crippen LogP contribution < -0.4 is 10.1 Å². The predicted molar refractivity (Wildman–Crippen MR) is 81.0 cm³/mol. The molecular formula is C15H20ClNO4. The number of rotatable bonds is 7. The van der Waals surface area contributed by atoms with Gasteiger partial charge in [0.15, 0.2) is 5.75 Å². The standard InChI is InChI=1S/C15H20ClNO4/c1-19-15-12(16)5-2-6-13(15)17-14(18)7-9-20-10-11-4-3-8-21-11/h2,5-6,11H,3-4,7-10H2,1H3,(H,17,18). The third kappa shape index (κ3) is 4.88. The number of anilines is 1. The number of hydrogen-bond acceptors (Lipinski definition) is 4. The highest BCUT2D eigenvalue weighted by Crippen LogP contribution is 2.32. The summed E-state index contributed by atoms with van der Waals surface area (Å²) >= 11 is 6.00. The van der Waals surface area contributed by atoms with Crippen LogP contribution in [0.15, 0.2) is 18.2 Å². The molecule has 0 spiro atoms. The van der Waals surface area contributed by atoms with E-state index in [1.165, 1.54) is 7.11 Å². The number of carbonyl (C=O) groups is 1. The molecule has 1 amide bonds. The van der Waals surface area contributed by atoms with Crippen molar-refractivity contribution in [1.82, 2.24) is 0 Å². The molecule has 1 N–H and O–H groups in total. The number of para-hydroxylation sites is 1. The van der Waals surface area contributed by atoms with Crippen LogP contribution in [0.1, 0.15) is 19.3 Å². The minimum atomic E-state index is -0.136. The van der Waals surface area contributed by atoms with E-state index >= 15 is 0 Å². The number of nitrogens with one attached hydrogen (secondary N) is 1. The van der Waals surface area contributed by atoms with E-state index in [1.54, 1.807) is 18.2 Å². The van der Waals surface area contributed by atoms with Crippen molar-refractivity contribution in [2.75, 3.05) is 32.2 Å². The lowest BCUT2D eigenvalue weighted by Crippen LogP contribution is -2.18. The van der Waals surface area contributed by atoms with Crippen LogP contribution in [0.25, 0.3) is 0 Å². The van der Waals surface area contributed by atoms with Crippen molar-refractivity contribution in [3.8, 4) is 5.75 Å². The van der Waals surface area contributed by atoms with Gasteiger partial charge in [0.25, 0.3) is 0 Å². The molecule has 1 unspecified atom stereocenters. The van der Waals surface area contributed by atoms with Crippen LogP contribution >= 0.6 is 11.6 Å². The highest BCUT2D eigenvalue weighted by molar-refractivity contribution is 6.32. The van der Waals surface area contributed by atoms with E-state index in [-0.39, 0.29) is 18.4 Å². The van der Waals surface area contributed by atoms with Gasteiger partial charge < -0.3 is 19.5 Å². The van der Waals surface area contributed by atoms with E-state index in [0.717, 1.165) is 19.4 Å². The zero-order chi connectivity index (χ0) is 15.1. The van der Waals surface area contributed by atoms with Crippen molar-refractivity contribution in [1.29, 1.82) is 0 Å². The van der Waals surface area contributed by atoms with Crippen molar-refractivity contribution >= 4 is 23.2 Å². The number of amides is 1. The maximum absolute atomic E-state index is 11.9. The third-order valence-electron chi connectivity index (χ3n) is 3.25. The van der Waals surface area contributed by atoms with Crippen molar-refractivity contribution in [3.05, 3.63) is 23.2 Å². The topological polar surface area (TPSA) is 56.8 Å². The molecule has 21 heavy (non-hydrogen) atoms. The van der Waals surface area contributed by atoms with E-state index in [2.05, 4.69) is 5.32 Å². The fourth-order valence-electron chi connectivity index (χ4n) is 2.18. The second kappa shape index (κ2) is 8.22. The normalized spacial score (nSPS) is 17.7. The van der Waals surface area contributed by atoms with Gasteiger partial charge in [-0.2, -0.15) is 0 Å². The summed E-state index contributed by atoms with van der Waals surface area (Å²) in [5, 5.41) is 3.23. The Kier molecular flexibility index (Phi) is 6.29. The Bertz CT molecular complexity index is 475. The van der Waals surface area contributed by atoms with Crippen LogP contribution in [0, 0.1) is 0 Å². The first-order valence-corrected chi connectivity index (χ1v) is 7.40. The average molecular weight is 314 g/mol. The van der Waals surface area contributed by atoms with Crippen molar-refractivity contribution < 1.29 is 19.0 Å². The first kappa shape index (κ1) is 16.1. The second-order valence-electron chi connectivity index (χ2n) is 4.83. The van der Waals surface area contributed by atoms with E-state index in [1.807, 2.05) is 0 Å². The molecule has 1 aromatic rings. The molecule has 0 saturated carbocycles. The maximum atomic E-state index is 11.9. The van der Waals surface area contributed by atoms with Crippen LogP contribution in [0.2, 0.25) is 5.02 Å². The summed E-state index contributed by atoms with van der Waals surface area (Å²) in [6, 6.07) is 5.21. The first-order valence-electron chi connectivity index (χ1n) is 7.02. The molecule has 1 saturated heterocycles. The van der Waals surface area contributed by atoms with Gasteiger partial charge in [-0.1, -0.05) is 17.7 Å². The van der Waals surface area contributed by atoms with Crippen molar-refractivity contribution in [2.24, 2.45) is 0 Å². The molecule has 1 aromatic carbocycles. The molecule has 0 radical (unpaired) electrons. The summed E-state index contributed by atoms with van der Waals surface area (Å²) in [5.41, 5.74) is 0.564. The Morgan fingerprint density at radius 3 is 3.10 bits per heavy atom. The van der Waals surface area contributed by atoms with Crippen molar-refractivity contribution in [2.45, 2.75) is 25.4 Å². The van der Waals surface area contributed by atoms with Crippen LogP contribution in [0.4, 0.5) is 5.69 Å². The summed E-state index contributed by atoms with van der Waals surface area (Å²) in [7, 11) is 1.52. The van der Waals surface area contributed by atoms with Crippen LogP contribution in [0.5, 0.6) is 5.75 Å². The summed E-state index contributed by atoms with van der Waals surface area (Å²) < 4.78 is 16.1. The lowest BCUT2D eigenvalue weighted by atomic mass is 10.2. The molecule has 1 aliphatic rings. The fraction of sp³-hybridized carbons (Fsp3) is 0.533. The van der Waals surface area contributed by atoms with E-state index in [4.69, 9.17) is 25.8 Å². The summed E-state index contributed by atoms with van der Waals surface area (Å²) in [5.74, 6) is 0.329. The van der Waals surface area contributed by atoms with Gasteiger partial charge in [0, 0.05) is 6.61 Å². The number of benzene rings is 1. The molecule has 1 heterocycles. The van der Waals surface area contributed by atoms with Crippen LogP contribution in [-0.4, -0.2) is 38.9 Å². The summed E-state index contributed by atoms with van der Waals surface area (Å²) in [6.45, 7) is 1.73. The summed E-state index contributed by atoms with van der Waals surface area (Å²) in [6.07, 6.45) is 2.58. The fourth-order valence-corrected chi connectivity index (χ4v) is 2.43. The SMILES string of the molecule is COc1c(Cl)cccc1NC(=O)CCOCC1CCCO1. The van der Waals surface area contributed by atoms with Gasteiger partial charge in [0.1, 0.15) is 0 Å². The van der Waals surface area contributed by atoms with E-state index in [9.17, 15) is 4.79 Å². The highest BCUT2D eigenvalue weighted by Gasteiger charge is 2.15. The molecule has 1 atom stereocenters. The minimum absolute atomic E-state index is 0.136. The van der Waals surface area contributed by atoms with Gasteiger partial charge in [0.2, 0.25) is 5.91 Å². The van der Waals surface area contributed by atoms with E-state index in [0.29, 0.717) is 29.7 Å². The minimum Gasteiger partial charge on any atom is -0.493 e.